The average Bonchev–Trinajstić information content (AvgIpc) is 2.95. The molecule has 2 N–H and O–H groups in total. The molecule has 1 aromatic heterocycles. The molecule has 5 rings (SSSR count). The van der Waals surface area contributed by atoms with Crippen LogP contribution in [0.3, 0.4) is 0 Å². The number of ether oxygens (including phenoxy) is 1. The van der Waals surface area contributed by atoms with Gasteiger partial charge in [-0.05, 0) is 76.4 Å². The van der Waals surface area contributed by atoms with Gasteiger partial charge in [0, 0.05) is 29.9 Å². The number of hydrogen-bond acceptors (Lipinski definition) is 7. The number of hydrogen-bond donors (Lipinski definition) is 2. The summed E-state index contributed by atoms with van der Waals surface area (Å²) in [5.41, 5.74) is -0.0997. The van der Waals surface area contributed by atoms with Gasteiger partial charge in [0.05, 0.1) is 35.4 Å². The lowest BCUT2D eigenvalue weighted by Crippen LogP contribution is -2.44. The third-order valence-electron chi connectivity index (χ3n) is 7.99. The van der Waals surface area contributed by atoms with Crippen LogP contribution >= 0.6 is 0 Å². The molecule has 2 fully saturated rings. The number of benzene rings is 2. The molecule has 1 saturated heterocycles. The smallest absolute Gasteiger partial charge is 0.377 e. The number of nitrogens with one attached hydrogen (secondary N) is 2. The Balaban J connectivity index is 1.54. The standard InChI is InChI=1S/C30H34F3N5O4S/c1-19-18-42-16-15-38(19)26-17-25(29(2,3)43(40,41)24-10-5-4-9-23(24)30(31,32)33)36-27(37-26)20-11-13-22(14-12-20)35-28(39)34-21-7-6-8-21/h4-5,9-14,17,19,21H,6-8,15-16,18H2,1-3H3,(H2,34,35,39)/t19-/m0/s1. The molecule has 1 atom stereocenters. The quantitative estimate of drug-likeness (QED) is 0.346. The number of alkyl halides is 3. The highest BCUT2D eigenvalue weighted by molar-refractivity contribution is 7.92. The molecule has 2 aromatic carbocycles. The number of amides is 2. The molecule has 0 unspecified atom stereocenters. The minimum atomic E-state index is -4.87. The van der Waals surface area contributed by atoms with E-state index in [1.807, 2.05) is 11.8 Å². The Bertz CT molecular complexity index is 1590. The lowest BCUT2D eigenvalue weighted by Gasteiger charge is -2.35. The first-order valence-corrected chi connectivity index (χ1v) is 15.6. The van der Waals surface area contributed by atoms with E-state index in [4.69, 9.17) is 9.72 Å². The molecular weight excluding hydrogens is 583 g/mol. The number of halogens is 3. The Morgan fingerprint density at radius 3 is 2.37 bits per heavy atom. The normalized spacial score (nSPS) is 18.2. The monoisotopic (exact) mass is 617 g/mol. The summed E-state index contributed by atoms with van der Waals surface area (Å²) in [5, 5.41) is 5.70. The number of carbonyl (C=O) groups is 1. The average molecular weight is 618 g/mol. The van der Waals surface area contributed by atoms with Gasteiger partial charge < -0.3 is 20.3 Å². The Morgan fingerprint density at radius 1 is 1.05 bits per heavy atom. The van der Waals surface area contributed by atoms with E-state index >= 15 is 0 Å². The molecule has 2 aliphatic rings. The molecule has 0 bridgehead atoms. The van der Waals surface area contributed by atoms with Gasteiger partial charge in [-0.25, -0.2) is 23.2 Å². The van der Waals surface area contributed by atoms with Crippen LogP contribution in [0.25, 0.3) is 11.4 Å². The second-order valence-electron chi connectivity index (χ2n) is 11.4. The SMILES string of the molecule is C[C@H]1COCCN1c1cc(C(C)(C)S(=O)(=O)c2ccccc2C(F)(F)F)nc(-c2ccc(NC(=O)NC3CCC3)cc2)n1. The van der Waals surface area contributed by atoms with E-state index < -0.39 is 31.2 Å². The molecule has 13 heteroatoms. The molecule has 1 aliphatic heterocycles. The number of anilines is 2. The summed E-state index contributed by atoms with van der Waals surface area (Å²) < 4.78 is 73.1. The number of sulfone groups is 1. The number of carbonyl (C=O) groups excluding carboxylic acids is 1. The molecule has 1 aliphatic carbocycles. The van der Waals surface area contributed by atoms with Gasteiger partial charge in [0.1, 0.15) is 10.6 Å². The van der Waals surface area contributed by atoms with Crippen molar-refractivity contribution in [2.24, 2.45) is 0 Å². The van der Waals surface area contributed by atoms with Crippen LogP contribution in [-0.4, -0.2) is 56.3 Å². The molecule has 0 radical (unpaired) electrons. The minimum absolute atomic E-state index is 0.0465. The second-order valence-corrected chi connectivity index (χ2v) is 13.8. The maximum Gasteiger partial charge on any atom is 0.417 e. The van der Waals surface area contributed by atoms with Gasteiger partial charge in [0.25, 0.3) is 0 Å². The summed E-state index contributed by atoms with van der Waals surface area (Å²) in [6.07, 6.45) is -1.86. The zero-order chi connectivity index (χ0) is 31.0. The predicted molar refractivity (Wildman–Crippen MR) is 157 cm³/mol. The van der Waals surface area contributed by atoms with E-state index in [1.54, 1.807) is 24.3 Å². The van der Waals surface area contributed by atoms with Crippen molar-refractivity contribution < 1.29 is 31.1 Å². The summed E-state index contributed by atoms with van der Waals surface area (Å²) in [7, 11) is -4.60. The van der Waals surface area contributed by atoms with Gasteiger partial charge in [0.15, 0.2) is 15.7 Å². The molecule has 0 spiro atoms. The first-order chi connectivity index (χ1) is 20.3. The van der Waals surface area contributed by atoms with Gasteiger partial charge in [-0.15, -0.1) is 0 Å². The largest absolute Gasteiger partial charge is 0.417 e. The van der Waals surface area contributed by atoms with E-state index in [0.29, 0.717) is 36.8 Å². The van der Waals surface area contributed by atoms with Crippen LogP contribution in [0.4, 0.5) is 29.5 Å². The molecular formula is C30H34F3N5O4S. The number of morpholine rings is 1. The zero-order valence-electron chi connectivity index (χ0n) is 24.1. The van der Waals surface area contributed by atoms with Crippen LogP contribution in [-0.2, 0) is 25.5 Å². The van der Waals surface area contributed by atoms with Crippen molar-refractivity contribution in [1.82, 2.24) is 15.3 Å². The third-order valence-corrected chi connectivity index (χ3v) is 10.5. The van der Waals surface area contributed by atoms with Gasteiger partial charge >= 0.3 is 12.2 Å². The molecule has 43 heavy (non-hydrogen) atoms. The van der Waals surface area contributed by atoms with Crippen molar-refractivity contribution in [3.8, 4) is 11.4 Å². The van der Waals surface area contributed by atoms with Crippen molar-refractivity contribution in [2.75, 3.05) is 30.0 Å². The van der Waals surface area contributed by atoms with E-state index in [-0.39, 0.29) is 29.6 Å². The van der Waals surface area contributed by atoms with Gasteiger partial charge in [0.2, 0.25) is 0 Å². The van der Waals surface area contributed by atoms with Gasteiger partial charge in [-0.2, -0.15) is 13.2 Å². The Hall–Kier alpha value is -3.71. The number of urea groups is 1. The van der Waals surface area contributed by atoms with Crippen molar-refractivity contribution in [1.29, 1.82) is 0 Å². The maximum absolute atomic E-state index is 13.9. The fourth-order valence-electron chi connectivity index (χ4n) is 5.04. The number of rotatable bonds is 7. The van der Waals surface area contributed by atoms with Gasteiger partial charge in [-0.3, -0.25) is 0 Å². The summed E-state index contributed by atoms with van der Waals surface area (Å²) in [6, 6.07) is 12.2. The number of nitrogens with zero attached hydrogens (tertiary/aromatic N) is 3. The first kappa shape index (κ1) is 30.7. The van der Waals surface area contributed by atoms with E-state index in [0.717, 1.165) is 37.5 Å². The van der Waals surface area contributed by atoms with Crippen LogP contribution in [0, 0.1) is 0 Å². The summed E-state index contributed by atoms with van der Waals surface area (Å²) >= 11 is 0. The van der Waals surface area contributed by atoms with Crippen LogP contribution < -0.4 is 15.5 Å². The molecule has 1 saturated carbocycles. The predicted octanol–water partition coefficient (Wildman–Crippen LogP) is 5.77. The molecule has 2 heterocycles. The van der Waals surface area contributed by atoms with Crippen molar-refractivity contribution >= 4 is 27.4 Å². The highest BCUT2D eigenvalue weighted by Gasteiger charge is 2.45. The maximum atomic E-state index is 13.9. The zero-order valence-corrected chi connectivity index (χ0v) is 24.9. The topological polar surface area (TPSA) is 114 Å². The molecule has 230 valence electrons. The van der Waals surface area contributed by atoms with Crippen molar-refractivity contribution in [3.05, 3.63) is 65.9 Å². The van der Waals surface area contributed by atoms with Crippen LogP contribution in [0.2, 0.25) is 0 Å². The Kier molecular flexibility index (Phi) is 8.41. The van der Waals surface area contributed by atoms with E-state index in [2.05, 4.69) is 15.6 Å². The Morgan fingerprint density at radius 2 is 1.74 bits per heavy atom. The van der Waals surface area contributed by atoms with Gasteiger partial charge in [-0.1, -0.05) is 12.1 Å². The van der Waals surface area contributed by atoms with Crippen LogP contribution in [0.15, 0.2) is 59.5 Å². The Labute approximate surface area is 248 Å². The lowest BCUT2D eigenvalue weighted by atomic mass is 9.93. The highest BCUT2D eigenvalue weighted by atomic mass is 32.2. The fraction of sp³-hybridized carbons (Fsp3) is 0.433. The summed E-state index contributed by atoms with van der Waals surface area (Å²) in [5.74, 6) is 0.634. The minimum Gasteiger partial charge on any atom is -0.377 e. The van der Waals surface area contributed by atoms with E-state index in [9.17, 15) is 26.4 Å². The second kappa shape index (κ2) is 11.8. The number of aromatic nitrogens is 2. The van der Waals surface area contributed by atoms with Crippen molar-refractivity contribution in [3.63, 3.8) is 0 Å². The molecule has 9 nitrogen and oxygen atoms in total. The first-order valence-electron chi connectivity index (χ1n) is 14.1. The third kappa shape index (κ3) is 6.32. The molecule has 3 aromatic rings. The summed E-state index contributed by atoms with van der Waals surface area (Å²) in [6.45, 7) is 5.99. The lowest BCUT2D eigenvalue weighted by molar-refractivity contribution is -0.139. The van der Waals surface area contributed by atoms with Crippen LogP contribution in [0.1, 0.15) is 51.3 Å². The van der Waals surface area contributed by atoms with Crippen molar-refractivity contribution in [2.45, 2.75) is 67.9 Å². The fourth-order valence-corrected chi connectivity index (χ4v) is 6.70. The van der Waals surface area contributed by atoms with Crippen LogP contribution in [0.5, 0.6) is 0 Å². The highest BCUT2D eigenvalue weighted by Crippen LogP contribution is 2.42. The summed E-state index contributed by atoms with van der Waals surface area (Å²) in [4.78, 5) is 22.8. The molecule has 2 amide bonds. The van der Waals surface area contributed by atoms with E-state index in [1.165, 1.54) is 26.0 Å².